The van der Waals surface area contributed by atoms with E-state index in [9.17, 15) is 4.79 Å². The Bertz CT molecular complexity index is 918. The summed E-state index contributed by atoms with van der Waals surface area (Å²) in [5.41, 5.74) is 7.52. The van der Waals surface area contributed by atoms with Gasteiger partial charge in [0.25, 0.3) is 5.91 Å². The molecule has 0 aromatic heterocycles. The highest BCUT2D eigenvalue weighted by Crippen LogP contribution is 2.56. The van der Waals surface area contributed by atoms with Gasteiger partial charge in [0.05, 0.1) is 0 Å². The zero-order valence-corrected chi connectivity index (χ0v) is 17.3. The Morgan fingerprint density at radius 2 is 1.48 bits per heavy atom. The Balaban J connectivity index is 1.41. The van der Waals surface area contributed by atoms with Crippen LogP contribution >= 0.6 is 0 Å². The van der Waals surface area contributed by atoms with Gasteiger partial charge in [-0.05, 0) is 91.7 Å². The van der Waals surface area contributed by atoms with E-state index in [4.69, 9.17) is 0 Å². The van der Waals surface area contributed by atoms with Crippen molar-refractivity contribution in [3.8, 4) is 0 Å². The summed E-state index contributed by atoms with van der Waals surface area (Å²) in [7, 11) is 0. The van der Waals surface area contributed by atoms with Crippen LogP contribution in [0.1, 0.15) is 77.4 Å². The molecule has 2 fully saturated rings. The zero-order valence-electron chi connectivity index (χ0n) is 17.3. The first-order chi connectivity index (χ1) is 14.2. The Morgan fingerprint density at radius 3 is 2.07 bits per heavy atom. The maximum atomic E-state index is 12.9. The molecule has 3 nitrogen and oxygen atoms in total. The minimum absolute atomic E-state index is 0.00608. The molecule has 2 aliphatic carbocycles. The fraction of sp³-hybridized carbons (Fsp3) is 0.500. The van der Waals surface area contributed by atoms with Gasteiger partial charge in [-0.25, -0.2) is 0 Å². The first-order valence-electron chi connectivity index (χ1n) is 11.5. The standard InChI is InChI=1S/C26H30N2O/c1-16-8-10-17(11-9-16)26(29)27-20-12-23-21-6-2-4-18(21)14-28-15-19-5-3-7-22(19)24(13-20)25(23)28/h8-13,18-19,21-22H,2-7,14-15H2,1H3,(H,27,29)/t18-,19+,21-,22-/m1/s1. The summed E-state index contributed by atoms with van der Waals surface area (Å²) in [4.78, 5) is 15.6. The molecule has 4 aliphatic rings. The molecular formula is C26H30N2O. The number of nitrogens with one attached hydrogen (secondary N) is 1. The minimum Gasteiger partial charge on any atom is -0.370 e. The average molecular weight is 387 g/mol. The van der Waals surface area contributed by atoms with Gasteiger partial charge in [0, 0.05) is 30.0 Å². The van der Waals surface area contributed by atoms with Crippen molar-refractivity contribution >= 4 is 17.3 Å². The van der Waals surface area contributed by atoms with Crippen LogP contribution in [-0.4, -0.2) is 19.0 Å². The van der Waals surface area contributed by atoms with Crippen LogP contribution in [0.2, 0.25) is 0 Å². The van der Waals surface area contributed by atoms with Crippen LogP contribution in [0.5, 0.6) is 0 Å². The van der Waals surface area contributed by atoms with E-state index in [-0.39, 0.29) is 5.91 Å². The van der Waals surface area contributed by atoms with E-state index in [1.165, 1.54) is 68.3 Å². The molecule has 4 atom stereocenters. The number of nitrogens with zero attached hydrogens (tertiary/aromatic N) is 1. The van der Waals surface area contributed by atoms with Gasteiger partial charge in [-0.3, -0.25) is 4.79 Å². The molecule has 2 aromatic rings. The molecular weight excluding hydrogens is 356 g/mol. The summed E-state index contributed by atoms with van der Waals surface area (Å²) in [6.07, 6.45) is 8.06. The van der Waals surface area contributed by atoms with Crippen LogP contribution in [0.25, 0.3) is 0 Å². The van der Waals surface area contributed by atoms with Gasteiger partial charge in [0.1, 0.15) is 0 Å². The van der Waals surface area contributed by atoms with Gasteiger partial charge < -0.3 is 10.2 Å². The van der Waals surface area contributed by atoms with E-state index in [1.807, 2.05) is 24.3 Å². The number of carbonyl (C=O) groups excluding carboxylic acids is 1. The molecule has 1 amide bonds. The summed E-state index contributed by atoms with van der Waals surface area (Å²) in [5, 5.41) is 3.24. The zero-order chi connectivity index (χ0) is 19.5. The third kappa shape index (κ3) is 2.81. The van der Waals surface area contributed by atoms with Crippen LogP contribution < -0.4 is 10.2 Å². The van der Waals surface area contributed by atoms with Crippen molar-refractivity contribution in [2.24, 2.45) is 11.8 Å². The van der Waals surface area contributed by atoms with E-state index in [0.29, 0.717) is 11.8 Å². The first kappa shape index (κ1) is 17.6. The predicted molar refractivity (Wildman–Crippen MR) is 118 cm³/mol. The third-order valence-corrected chi connectivity index (χ3v) is 8.08. The van der Waals surface area contributed by atoms with Gasteiger partial charge in [0.15, 0.2) is 0 Å². The number of anilines is 2. The van der Waals surface area contributed by atoms with Crippen LogP contribution in [0.15, 0.2) is 36.4 Å². The number of benzene rings is 2. The van der Waals surface area contributed by atoms with Crippen molar-refractivity contribution in [3.05, 3.63) is 58.7 Å². The number of rotatable bonds is 2. The maximum absolute atomic E-state index is 12.9. The summed E-state index contributed by atoms with van der Waals surface area (Å²) in [6.45, 7) is 4.56. The lowest BCUT2D eigenvalue weighted by Gasteiger charge is -2.46. The summed E-state index contributed by atoms with van der Waals surface area (Å²) >= 11 is 0. The number of carbonyl (C=O) groups is 1. The summed E-state index contributed by atoms with van der Waals surface area (Å²) in [5.74, 6) is 2.99. The summed E-state index contributed by atoms with van der Waals surface area (Å²) < 4.78 is 0. The molecule has 0 unspecified atom stereocenters. The number of hydrogen-bond acceptors (Lipinski definition) is 2. The molecule has 0 radical (unpaired) electrons. The topological polar surface area (TPSA) is 32.3 Å². The van der Waals surface area contributed by atoms with Crippen molar-refractivity contribution in [2.45, 2.75) is 57.3 Å². The lowest BCUT2D eigenvalue weighted by Crippen LogP contribution is -2.43. The summed E-state index contributed by atoms with van der Waals surface area (Å²) in [6, 6.07) is 12.5. The second kappa shape index (κ2) is 6.62. The van der Waals surface area contributed by atoms with Gasteiger partial charge in [-0.1, -0.05) is 30.5 Å². The average Bonchev–Trinajstić information content (AvgIpc) is 3.38. The second-order valence-corrected chi connectivity index (χ2v) is 9.82. The fourth-order valence-electron chi connectivity index (χ4n) is 6.74. The Kier molecular flexibility index (Phi) is 4.01. The molecule has 3 heteroatoms. The molecule has 2 aliphatic heterocycles. The highest BCUT2D eigenvalue weighted by atomic mass is 16.1. The molecule has 2 heterocycles. The highest BCUT2D eigenvalue weighted by Gasteiger charge is 2.44. The van der Waals surface area contributed by atoms with Crippen molar-refractivity contribution in [1.29, 1.82) is 0 Å². The quantitative estimate of drug-likeness (QED) is 0.702. The van der Waals surface area contributed by atoms with Crippen molar-refractivity contribution in [2.75, 3.05) is 23.3 Å². The monoisotopic (exact) mass is 386 g/mol. The van der Waals surface area contributed by atoms with Gasteiger partial charge >= 0.3 is 0 Å². The maximum Gasteiger partial charge on any atom is 0.255 e. The smallest absolute Gasteiger partial charge is 0.255 e. The minimum atomic E-state index is 0.00608. The van der Waals surface area contributed by atoms with Crippen LogP contribution in [0.3, 0.4) is 0 Å². The van der Waals surface area contributed by atoms with Crippen LogP contribution in [0.4, 0.5) is 11.4 Å². The number of aryl methyl sites for hydroxylation is 1. The van der Waals surface area contributed by atoms with Crippen molar-refractivity contribution < 1.29 is 4.79 Å². The van der Waals surface area contributed by atoms with Crippen LogP contribution in [-0.2, 0) is 0 Å². The van der Waals surface area contributed by atoms with Crippen LogP contribution in [0, 0.1) is 18.8 Å². The molecule has 2 saturated carbocycles. The Morgan fingerprint density at radius 1 is 0.897 bits per heavy atom. The molecule has 29 heavy (non-hydrogen) atoms. The van der Waals surface area contributed by atoms with Crippen molar-refractivity contribution in [3.63, 3.8) is 0 Å². The van der Waals surface area contributed by atoms with E-state index in [0.717, 1.165) is 23.1 Å². The molecule has 0 spiro atoms. The number of hydrogen-bond donors (Lipinski definition) is 1. The normalized spacial score (nSPS) is 29.2. The van der Waals surface area contributed by atoms with Crippen molar-refractivity contribution in [1.82, 2.24) is 0 Å². The molecule has 2 aromatic carbocycles. The lowest BCUT2D eigenvalue weighted by molar-refractivity contribution is 0.102. The van der Waals surface area contributed by atoms with Gasteiger partial charge in [0.2, 0.25) is 0 Å². The van der Waals surface area contributed by atoms with E-state index < -0.39 is 0 Å². The fourth-order valence-corrected chi connectivity index (χ4v) is 6.74. The predicted octanol–water partition coefficient (Wildman–Crippen LogP) is 5.85. The lowest BCUT2D eigenvalue weighted by atomic mass is 9.75. The van der Waals surface area contributed by atoms with E-state index >= 15 is 0 Å². The van der Waals surface area contributed by atoms with Gasteiger partial charge in [-0.2, -0.15) is 0 Å². The van der Waals surface area contributed by atoms with Gasteiger partial charge in [-0.15, -0.1) is 0 Å². The SMILES string of the molecule is Cc1ccc(C(=O)Nc2cc3c4c(c2)[C@@H]2CCC[C@H]2CN4C[C@H]2CCC[C@@H]32)cc1. The second-order valence-electron chi connectivity index (χ2n) is 9.82. The Hall–Kier alpha value is -2.29. The number of fused-ring (bicyclic) bond motifs is 4. The number of amides is 1. The molecule has 0 saturated heterocycles. The van der Waals surface area contributed by atoms with E-state index in [2.05, 4.69) is 29.3 Å². The highest BCUT2D eigenvalue weighted by molar-refractivity contribution is 6.04. The molecule has 150 valence electrons. The molecule has 0 bridgehead atoms. The van der Waals surface area contributed by atoms with E-state index in [1.54, 1.807) is 5.69 Å². The first-order valence-corrected chi connectivity index (χ1v) is 11.5. The molecule has 6 rings (SSSR count). The third-order valence-electron chi connectivity index (χ3n) is 8.08. The Labute approximate surface area is 173 Å². The molecule has 1 N–H and O–H groups in total. The largest absolute Gasteiger partial charge is 0.370 e.